The Hall–Kier alpha value is -3.28. The van der Waals surface area contributed by atoms with Gasteiger partial charge in [0.05, 0.1) is 24.6 Å². The Morgan fingerprint density at radius 3 is 2.78 bits per heavy atom. The van der Waals surface area contributed by atoms with Crippen LogP contribution in [-0.4, -0.2) is 25.7 Å². The lowest BCUT2D eigenvalue weighted by molar-refractivity contribution is -0.111. The van der Waals surface area contributed by atoms with Crippen LogP contribution in [0.15, 0.2) is 67.3 Å². The van der Waals surface area contributed by atoms with Crippen LogP contribution in [0.5, 0.6) is 0 Å². The summed E-state index contributed by atoms with van der Waals surface area (Å²) in [5, 5.41) is 7.05. The van der Waals surface area contributed by atoms with Gasteiger partial charge in [0.15, 0.2) is 0 Å². The molecular formula is C17H15N5O. The van der Waals surface area contributed by atoms with Crippen LogP contribution in [0.2, 0.25) is 0 Å². The predicted molar refractivity (Wildman–Crippen MR) is 87.5 cm³/mol. The first-order chi connectivity index (χ1) is 11.3. The summed E-state index contributed by atoms with van der Waals surface area (Å²) in [6, 6.07) is 11.7. The summed E-state index contributed by atoms with van der Waals surface area (Å²) in [7, 11) is 0. The number of benzene rings is 1. The third kappa shape index (κ3) is 4.10. The normalized spacial score (nSPS) is 10.8. The van der Waals surface area contributed by atoms with Gasteiger partial charge in [0.25, 0.3) is 0 Å². The van der Waals surface area contributed by atoms with Crippen LogP contribution in [0.4, 0.5) is 5.82 Å². The Morgan fingerprint density at radius 1 is 1.13 bits per heavy atom. The topological polar surface area (TPSA) is 72.7 Å². The Kier molecular flexibility index (Phi) is 4.54. The summed E-state index contributed by atoms with van der Waals surface area (Å²) in [5.74, 6) is 0.396. The minimum Gasteiger partial charge on any atom is -0.307 e. The molecule has 1 amide bonds. The van der Waals surface area contributed by atoms with Crippen LogP contribution >= 0.6 is 0 Å². The monoisotopic (exact) mass is 305 g/mol. The molecule has 0 saturated heterocycles. The lowest BCUT2D eigenvalue weighted by Crippen LogP contribution is -2.13. The molecule has 1 N–H and O–H groups in total. The van der Waals surface area contributed by atoms with Crippen molar-refractivity contribution in [1.29, 1.82) is 0 Å². The van der Waals surface area contributed by atoms with Gasteiger partial charge in [0, 0.05) is 24.5 Å². The second-order valence-corrected chi connectivity index (χ2v) is 4.81. The van der Waals surface area contributed by atoms with Crippen molar-refractivity contribution in [2.24, 2.45) is 0 Å². The maximum absolute atomic E-state index is 12.0. The molecule has 0 aliphatic rings. The molecule has 0 bridgehead atoms. The molecule has 3 aromatic rings. The van der Waals surface area contributed by atoms with Gasteiger partial charge < -0.3 is 5.32 Å². The van der Waals surface area contributed by atoms with E-state index in [0.29, 0.717) is 18.1 Å². The smallest absolute Gasteiger partial charge is 0.249 e. The molecule has 0 atom stereocenters. The molecule has 0 radical (unpaired) electrons. The van der Waals surface area contributed by atoms with Crippen molar-refractivity contribution >= 4 is 17.8 Å². The summed E-state index contributed by atoms with van der Waals surface area (Å²) in [5.41, 5.74) is 1.74. The molecule has 0 aliphatic heterocycles. The Labute approximate surface area is 133 Å². The maximum Gasteiger partial charge on any atom is 0.249 e. The highest BCUT2D eigenvalue weighted by atomic mass is 16.1. The molecule has 23 heavy (non-hydrogen) atoms. The fraction of sp³-hybridized carbons (Fsp3) is 0.0588. The fourth-order valence-electron chi connectivity index (χ4n) is 2.05. The van der Waals surface area contributed by atoms with Crippen molar-refractivity contribution in [1.82, 2.24) is 19.7 Å². The van der Waals surface area contributed by atoms with Crippen LogP contribution in [0, 0.1) is 0 Å². The van der Waals surface area contributed by atoms with Crippen LogP contribution in [0.3, 0.4) is 0 Å². The quantitative estimate of drug-likeness (QED) is 0.735. The highest BCUT2D eigenvalue weighted by Crippen LogP contribution is 2.10. The third-order valence-corrected chi connectivity index (χ3v) is 3.13. The molecule has 0 spiro atoms. The minimum atomic E-state index is -0.245. The molecule has 0 fully saturated rings. The second kappa shape index (κ2) is 7.13. The van der Waals surface area contributed by atoms with E-state index in [1.807, 2.05) is 30.3 Å². The Balaban J connectivity index is 1.65. The van der Waals surface area contributed by atoms with Crippen molar-refractivity contribution in [2.75, 3.05) is 5.32 Å². The number of carbonyl (C=O) groups excluding carboxylic acids is 1. The average Bonchev–Trinajstić information content (AvgIpc) is 3.02. The number of anilines is 1. The summed E-state index contributed by atoms with van der Waals surface area (Å²) in [6.45, 7) is 0.595. The first-order valence-electron chi connectivity index (χ1n) is 7.12. The first-order valence-corrected chi connectivity index (χ1v) is 7.12. The second-order valence-electron chi connectivity index (χ2n) is 4.81. The summed E-state index contributed by atoms with van der Waals surface area (Å²) >= 11 is 0. The molecule has 0 unspecified atom stereocenters. The van der Waals surface area contributed by atoms with E-state index in [-0.39, 0.29) is 5.91 Å². The van der Waals surface area contributed by atoms with E-state index in [1.54, 1.807) is 41.6 Å². The van der Waals surface area contributed by atoms with E-state index in [1.165, 1.54) is 6.08 Å². The number of nitrogens with one attached hydrogen (secondary N) is 1. The fourth-order valence-corrected chi connectivity index (χ4v) is 2.05. The van der Waals surface area contributed by atoms with E-state index in [9.17, 15) is 4.79 Å². The molecule has 0 aliphatic carbocycles. The SMILES string of the molecule is O=C(C=Cc1cnccn1)Nc1ccnn1Cc1ccccc1. The van der Waals surface area contributed by atoms with Crippen LogP contribution in [-0.2, 0) is 11.3 Å². The molecule has 0 saturated carbocycles. The molecule has 114 valence electrons. The maximum atomic E-state index is 12.0. The molecular weight excluding hydrogens is 290 g/mol. The van der Waals surface area contributed by atoms with Gasteiger partial charge in [-0.3, -0.25) is 14.8 Å². The van der Waals surface area contributed by atoms with Gasteiger partial charge in [-0.1, -0.05) is 30.3 Å². The van der Waals surface area contributed by atoms with Crippen molar-refractivity contribution in [2.45, 2.75) is 6.54 Å². The van der Waals surface area contributed by atoms with Crippen molar-refractivity contribution in [3.05, 3.63) is 78.5 Å². The summed E-state index contributed by atoms with van der Waals surface area (Å²) in [4.78, 5) is 20.0. The number of hydrogen-bond donors (Lipinski definition) is 1. The van der Waals surface area contributed by atoms with E-state index in [0.717, 1.165) is 5.56 Å². The highest BCUT2D eigenvalue weighted by molar-refractivity contribution is 6.01. The van der Waals surface area contributed by atoms with Gasteiger partial charge in [0.2, 0.25) is 5.91 Å². The van der Waals surface area contributed by atoms with Crippen LogP contribution in [0.25, 0.3) is 6.08 Å². The molecule has 6 nitrogen and oxygen atoms in total. The van der Waals surface area contributed by atoms with Crippen molar-refractivity contribution in [3.63, 3.8) is 0 Å². The molecule has 6 heteroatoms. The molecule has 1 aromatic carbocycles. The number of carbonyl (C=O) groups is 1. The first kappa shape index (κ1) is 14.6. The number of hydrogen-bond acceptors (Lipinski definition) is 4. The lowest BCUT2D eigenvalue weighted by Gasteiger charge is -2.07. The van der Waals surface area contributed by atoms with Gasteiger partial charge in [-0.25, -0.2) is 4.68 Å². The Bertz CT molecular complexity index is 796. The third-order valence-electron chi connectivity index (χ3n) is 3.13. The lowest BCUT2D eigenvalue weighted by atomic mass is 10.2. The van der Waals surface area contributed by atoms with Gasteiger partial charge in [0.1, 0.15) is 5.82 Å². The minimum absolute atomic E-state index is 0.245. The van der Waals surface area contributed by atoms with Crippen molar-refractivity contribution in [3.8, 4) is 0 Å². The number of nitrogens with zero attached hydrogens (tertiary/aromatic N) is 4. The Morgan fingerprint density at radius 2 is 2.00 bits per heavy atom. The zero-order valence-corrected chi connectivity index (χ0v) is 12.3. The number of amides is 1. The van der Waals surface area contributed by atoms with E-state index >= 15 is 0 Å². The van der Waals surface area contributed by atoms with Crippen LogP contribution in [0.1, 0.15) is 11.3 Å². The van der Waals surface area contributed by atoms with Gasteiger partial charge >= 0.3 is 0 Å². The highest BCUT2D eigenvalue weighted by Gasteiger charge is 2.05. The van der Waals surface area contributed by atoms with Gasteiger partial charge in [-0.2, -0.15) is 5.10 Å². The summed E-state index contributed by atoms with van der Waals surface area (Å²) in [6.07, 6.45) is 9.44. The predicted octanol–water partition coefficient (Wildman–Crippen LogP) is 2.37. The van der Waals surface area contributed by atoms with E-state index < -0.39 is 0 Å². The van der Waals surface area contributed by atoms with E-state index in [4.69, 9.17) is 0 Å². The van der Waals surface area contributed by atoms with Crippen molar-refractivity contribution < 1.29 is 4.79 Å². The van der Waals surface area contributed by atoms with Gasteiger partial charge in [-0.15, -0.1) is 0 Å². The zero-order chi connectivity index (χ0) is 15.9. The van der Waals surface area contributed by atoms with E-state index in [2.05, 4.69) is 20.4 Å². The van der Waals surface area contributed by atoms with Gasteiger partial charge in [-0.05, 0) is 11.6 Å². The number of rotatable bonds is 5. The molecule has 2 aromatic heterocycles. The molecule has 2 heterocycles. The molecule has 3 rings (SSSR count). The number of aromatic nitrogens is 4. The largest absolute Gasteiger partial charge is 0.307 e. The zero-order valence-electron chi connectivity index (χ0n) is 12.3. The summed E-state index contributed by atoms with van der Waals surface area (Å²) < 4.78 is 1.74. The standard InChI is InChI=1S/C17H15N5O/c23-17(7-6-15-12-18-10-11-19-15)21-16-8-9-20-22(16)13-14-4-2-1-3-5-14/h1-12H,13H2,(H,21,23). The average molecular weight is 305 g/mol. The van der Waals surface area contributed by atoms with Crippen LogP contribution < -0.4 is 5.32 Å².